The highest BCUT2D eigenvalue weighted by molar-refractivity contribution is 7.92. The Labute approximate surface area is 133 Å². The van der Waals surface area contributed by atoms with E-state index in [0.717, 1.165) is 21.7 Å². The van der Waals surface area contributed by atoms with Gasteiger partial charge in [-0.05, 0) is 38.3 Å². The summed E-state index contributed by atoms with van der Waals surface area (Å²) in [6.45, 7) is 9.49. The van der Waals surface area contributed by atoms with E-state index in [-0.39, 0.29) is 24.4 Å². The fraction of sp³-hybridized carbons (Fsp3) is 0.562. The van der Waals surface area contributed by atoms with Crippen LogP contribution in [0.15, 0.2) is 18.2 Å². The summed E-state index contributed by atoms with van der Waals surface area (Å²) in [7, 11) is -3.53. The first-order valence-electron chi connectivity index (χ1n) is 7.36. The van der Waals surface area contributed by atoms with Gasteiger partial charge in [0.15, 0.2) is 0 Å². The zero-order valence-corrected chi connectivity index (χ0v) is 15.0. The maximum absolute atomic E-state index is 12.1. The fourth-order valence-corrected chi connectivity index (χ4v) is 2.98. The monoisotopic (exact) mass is 326 g/mol. The fourth-order valence-electron chi connectivity index (χ4n) is 2.06. The number of sulfonamides is 1. The van der Waals surface area contributed by atoms with Crippen molar-refractivity contribution in [2.45, 2.75) is 40.7 Å². The van der Waals surface area contributed by atoms with Gasteiger partial charge in [-0.15, -0.1) is 0 Å². The van der Waals surface area contributed by atoms with Crippen LogP contribution >= 0.6 is 0 Å². The molecule has 0 saturated carbocycles. The van der Waals surface area contributed by atoms with Crippen molar-refractivity contribution < 1.29 is 13.2 Å². The number of nitrogens with zero attached hydrogens (tertiary/aromatic N) is 1. The van der Waals surface area contributed by atoms with Gasteiger partial charge in [-0.1, -0.05) is 31.5 Å². The van der Waals surface area contributed by atoms with Gasteiger partial charge in [0.25, 0.3) is 0 Å². The van der Waals surface area contributed by atoms with Gasteiger partial charge < -0.3 is 5.32 Å². The molecule has 1 aromatic carbocycles. The van der Waals surface area contributed by atoms with Crippen LogP contribution in [0.3, 0.4) is 0 Å². The lowest BCUT2D eigenvalue weighted by Gasteiger charge is -2.25. The zero-order valence-electron chi connectivity index (χ0n) is 14.2. The topological polar surface area (TPSA) is 66.5 Å². The van der Waals surface area contributed by atoms with Crippen LogP contribution in [-0.2, 0) is 14.8 Å². The van der Waals surface area contributed by atoms with Crippen LogP contribution in [0.1, 0.15) is 31.9 Å². The molecule has 0 radical (unpaired) electrons. The summed E-state index contributed by atoms with van der Waals surface area (Å²) in [6, 6.07) is 5.48. The minimum atomic E-state index is -3.53. The van der Waals surface area contributed by atoms with E-state index in [1.807, 2.05) is 46.8 Å². The molecule has 5 nitrogen and oxygen atoms in total. The molecule has 0 fully saturated rings. The van der Waals surface area contributed by atoms with Crippen LogP contribution in [-0.4, -0.2) is 33.2 Å². The third-order valence-corrected chi connectivity index (χ3v) is 4.82. The van der Waals surface area contributed by atoms with Gasteiger partial charge in [-0.2, -0.15) is 0 Å². The second-order valence-electron chi connectivity index (χ2n) is 6.16. The molecule has 1 N–H and O–H groups in total. The molecule has 0 aromatic heterocycles. The Morgan fingerprint density at radius 3 is 2.27 bits per heavy atom. The number of amides is 1. The van der Waals surface area contributed by atoms with Crippen LogP contribution in [0.4, 0.5) is 5.69 Å². The average Bonchev–Trinajstić information content (AvgIpc) is 2.35. The number of carbonyl (C=O) groups is 1. The number of nitrogens with one attached hydrogen (secondary N) is 1. The molecule has 0 saturated heterocycles. The number of benzene rings is 1. The normalized spacial score (nSPS) is 13.0. The lowest BCUT2D eigenvalue weighted by Crippen LogP contribution is -2.44. The maximum Gasteiger partial charge on any atom is 0.240 e. The summed E-state index contributed by atoms with van der Waals surface area (Å²) in [5, 5.41) is 2.84. The third-order valence-electron chi connectivity index (χ3n) is 3.70. The number of carbonyl (C=O) groups excluding carboxylic acids is 1. The van der Waals surface area contributed by atoms with Gasteiger partial charge in [0.1, 0.15) is 6.54 Å². The summed E-state index contributed by atoms with van der Waals surface area (Å²) < 4.78 is 25.3. The van der Waals surface area contributed by atoms with Gasteiger partial charge >= 0.3 is 0 Å². The molecule has 0 heterocycles. The highest BCUT2D eigenvalue weighted by Gasteiger charge is 2.23. The van der Waals surface area contributed by atoms with E-state index in [1.165, 1.54) is 0 Å². The molecule has 1 atom stereocenters. The van der Waals surface area contributed by atoms with E-state index in [0.29, 0.717) is 5.69 Å². The number of rotatable bonds is 6. The van der Waals surface area contributed by atoms with E-state index in [9.17, 15) is 13.2 Å². The molecule has 1 amide bonds. The largest absolute Gasteiger partial charge is 0.352 e. The number of aryl methyl sites for hydroxylation is 2. The van der Waals surface area contributed by atoms with Gasteiger partial charge in [0, 0.05) is 6.04 Å². The van der Waals surface area contributed by atoms with Crippen molar-refractivity contribution in [3.8, 4) is 0 Å². The molecule has 6 heteroatoms. The first-order chi connectivity index (χ1) is 10.0. The molecule has 0 spiro atoms. The Hall–Kier alpha value is -1.56. The van der Waals surface area contributed by atoms with E-state index >= 15 is 0 Å². The standard InChI is InChI=1S/C16H26N2O3S/c1-11(2)14(5)17-16(19)10-18(22(6,20)21)15-8-7-12(3)9-13(15)4/h7-9,11,14H,10H2,1-6H3,(H,17,19)/t14-/m1/s1. The van der Waals surface area contributed by atoms with Crippen LogP contribution in [0.25, 0.3) is 0 Å². The van der Waals surface area contributed by atoms with Crippen molar-refractivity contribution in [3.05, 3.63) is 29.3 Å². The molecule has 0 aliphatic rings. The quantitative estimate of drug-likeness (QED) is 0.872. The maximum atomic E-state index is 12.1. The number of hydrogen-bond donors (Lipinski definition) is 1. The van der Waals surface area contributed by atoms with Gasteiger partial charge in [-0.25, -0.2) is 8.42 Å². The first kappa shape index (κ1) is 18.5. The van der Waals surface area contributed by atoms with Crippen molar-refractivity contribution >= 4 is 21.6 Å². The van der Waals surface area contributed by atoms with Gasteiger partial charge in [0.2, 0.25) is 15.9 Å². The minimum absolute atomic E-state index is 0.00646. The molecule has 0 aliphatic carbocycles. The van der Waals surface area contributed by atoms with Crippen molar-refractivity contribution in [1.82, 2.24) is 5.32 Å². The lowest BCUT2D eigenvalue weighted by molar-refractivity contribution is -0.120. The Morgan fingerprint density at radius 1 is 1.23 bits per heavy atom. The number of anilines is 1. The van der Waals surface area contributed by atoms with E-state index in [2.05, 4.69) is 5.32 Å². The first-order valence-corrected chi connectivity index (χ1v) is 9.21. The van der Waals surface area contributed by atoms with Crippen molar-refractivity contribution in [3.63, 3.8) is 0 Å². The zero-order chi connectivity index (χ0) is 17.1. The molecule has 0 unspecified atom stereocenters. The molecular weight excluding hydrogens is 300 g/mol. The van der Waals surface area contributed by atoms with Crippen LogP contribution < -0.4 is 9.62 Å². The highest BCUT2D eigenvalue weighted by atomic mass is 32.2. The molecule has 0 aliphatic heterocycles. The summed E-state index contributed by atoms with van der Waals surface area (Å²) in [5.41, 5.74) is 2.42. The summed E-state index contributed by atoms with van der Waals surface area (Å²) in [4.78, 5) is 12.1. The average molecular weight is 326 g/mol. The SMILES string of the molecule is Cc1ccc(N(CC(=O)N[C@H](C)C(C)C)S(C)(=O)=O)c(C)c1. The lowest BCUT2D eigenvalue weighted by atomic mass is 10.1. The van der Waals surface area contributed by atoms with Crippen LogP contribution in [0.5, 0.6) is 0 Å². The molecule has 1 aromatic rings. The Kier molecular flexibility index (Phi) is 6.00. The predicted molar refractivity (Wildman–Crippen MR) is 90.5 cm³/mol. The summed E-state index contributed by atoms with van der Waals surface area (Å²) in [5.74, 6) is -0.0108. The molecule has 0 bridgehead atoms. The second kappa shape index (κ2) is 7.13. The summed E-state index contributed by atoms with van der Waals surface area (Å²) >= 11 is 0. The third kappa shape index (κ3) is 5.02. The Morgan fingerprint density at radius 2 is 1.82 bits per heavy atom. The van der Waals surface area contributed by atoms with Crippen LogP contribution in [0.2, 0.25) is 0 Å². The minimum Gasteiger partial charge on any atom is -0.352 e. The smallest absolute Gasteiger partial charge is 0.240 e. The molecule has 124 valence electrons. The van der Waals surface area contributed by atoms with Crippen LogP contribution in [0, 0.1) is 19.8 Å². The number of hydrogen-bond acceptors (Lipinski definition) is 3. The second-order valence-corrected chi connectivity index (χ2v) is 8.07. The van der Waals surface area contributed by atoms with Crippen molar-refractivity contribution in [2.24, 2.45) is 5.92 Å². The van der Waals surface area contributed by atoms with E-state index < -0.39 is 10.0 Å². The van der Waals surface area contributed by atoms with Gasteiger partial charge in [0.05, 0.1) is 11.9 Å². The molecule has 1 rings (SSSR count). The van der Waals surface area contributed by atoms with Gasteiger partial charge in [-0.3, -0.25) is 9.10 Å². The Balaban J connectivity index is 3.03. The molecule has 22 heavy (non-hydrogen) atoms. The van der Waals surface area contributed by atoms with E-state index in [1.54, 1.807) is 6.07 Å². The summed E-state index contributed by atoms with van der Waals surface area (Å²) in [6.07, 6.45) is 1.12. The Bertz CT molecular complexity index is 639. The molecular formula is C16H26N2O3S. The highest BCUT2D eigenvalue weighted by Crippen LogP contribution is 2.23. The van der Waals surface area contributed by atoms with E-state index in [4.69, 9.17) is 0 Å². The van der Waals surface area contributed by atoms with Crippen molar-refractivity contribution in [1.29, 1.82) is 0 Å². The van der Waals surface area contributed by atoms with Crippen molar-refractivity contribution in [2.75, 3.05) is 17.1 Å². The predicted octanol–water partition coefficient (Wildman–Crippen LogP) is 2.23.